The Kier molecular flexibility index (Phi) is 3.96. The standard InChI is InChI=1S/C12H21N3O/c1-3-15-9-10(8-14-15)7-11(13-2)12-5-4-6-16-12/h8-9,11-13H,3-7H2,1-2H3. The van der Waals surface area contributed by atoms with E-state index in [0.717, 1.165) is 19.6 Å². The Morgan fingerprint density at radius 2 is 2.56 bits per heavy atom. The van der Waals surface area contributed by atoms with Crippen molar-refractivity contribution in [3.8, 4) is 0 Å². The molecule has 1 aromatic rings. The highest BCUT2D eigenvalue weighted by molar-refractivity contribution is 5.07. The summed E-state index contributed by atoms with van der Waals surface area (Å²) < 4.78 is 7.69. The van der Waals surface area contributed by atoms with Crippen LogP contribution < -0.4 is 5.32 Å². The van der Waals surface area contributed by atoms with Crippen molar-refractivity contribution in [2.45, 2.75) is 44.9 Å². The van der Waals surface area contributed by atoms with E-state index in [0.29, 0.717) is 12.1 Å². The summed E-state index contributed by atoms with van der Waals surface area (Å²) in [5.41, 5.74) is 1.29. The molecular formula is C12H21N3O. The van der Waals surface area contributed by atoms with Crippen LogP contribution in [-0.4, -0.2) is 35.6 Å². The Bertz CT molecular complexity index is 318. The van der Waals surface area contributed by atoms with Crippen molar-refractivity contribution in [1.82, 2.24) is 15.1 Å². The molecule has 0 bridgehead atoms. The van der Waals surface area contributed by atoms with E-state index in [9.17, 15) is 0 Å². The molecule has 1 aromatic heterocycles. The zero-order chi connectivity index (χ0) is 11.4. The zero-order valence-electron chi connectivity index (χ0n) is 10.1. The number of aryl methyl sites for hydroxylation is 1. The third kappa shape index (κ3) is 2.62. The first-order valence-electron chi connectivity index (χ1n) is 6.13. The van der Waals surface area contributed by atoms with E-state index >= 15 is 0 Å². The van der Waals surface area contributed by atoms with Gasteiger partial charge in [0.05, 0.1) is 12.3 Å². The Morgan fingerprint density at radius 1 is 1.69 bits per heavy atom. The number of nitrogens with zero attached hydrogens (tertiary/aromatic N) is 2. The number of nitrogens with one attached hydrogen (secondary N) is 1. The molecule has 4 heteroatoms. The summed E-state index contributed by atoms with van der Waals surface area (Å²) in [5.74, 6) is 0. The van der Waals surface area contributed by atoms with Gasteiger partial charge in [0.25, 0.3) is 0 Å². The lowest BCUT2D eigenvalue weighted by atomic mass is 10.0. The Labute approximate surface area is 97.0 Å². The minimum Gasteiger partial charge on any atom is -0.377 e. The molecule has 2 atom stereocenters. The lowest BCUT2D eigenvalue weighted by Gasteiger charge is -2.21. The summed E-state index contributed by atoms with van der Waals surface area (Å²) in [6.45, 7) is 3.95. The molecule has 1 aliphatic rings. The molecule has 0 saturated carbocycles. The van der Waals surface area contributed by atoms with Gasteiger partial charge in [-0.2, -0.15) is 5.10 Å². The predicted molar refractivity (Wildman–Crippen MR) is 63.4 cm³/mol. The normalized spacial score (nSPS) is 22.5. The van der Waals surface area contributed by atoms with E-state index in [-0.39, 0.29) is 0 Å². The molecule has 2 rings (SSSR count). The van der Waals surface area contributed by atoms with Crippen LogP contribution >= 0.6 is 0 Å². The second-order valence-corrected chi connectivity index (χ2v) is 4.36. The maximum Gasteiger partial charge on any atom is 0.0732 e. The molecule has 0 aromatic carbocycles. The summed E-state index contributed by atoms with van der Waals surface area (Å²) >= 11 is 0. The van der Waals surface area contributed by atoms with Crippen molar-refractivity contribution in [2.75, 3.05) is 13.7 Å². The number of ether oxygens (including phenoxy) is 1. The number of hydrogen-bond donors (Lipinski definition) is 1. The molecule has 1 fully saturated rings. The molecule has 16 heavy (non-hydrogen) atoms. The van der Waals surface area contributed by atoms with E-state index in [1.165, 1.54) is 18.4 Å². The Hall–Kier alpha value is -0.870. The third-order valence-electron chi connectivity index (χ3n) is 3.25. The summed E-state index contributed by atoms with van der Waals surface area (Å²) in [6.07, 6.45) is 7.82. The van der Waals surface area contributed by atoms with Crippen LogP contribution in [0.5, 0.6) is 0 Å². The van der Waals surface area contributed by atoms with Gasteiger partial charge in [0, 0.05) is 25.4 Å². The van der Waals surface area contributed by atoms with Crippen LogP contribution in [0.1, 0.15) is 25.3 Å². The lowest BCUT2D eigenvalue weighted by molar-refractivity contribution is 0.0808. The van der Waals surface area contributed by atoms with E-state index < -0.39 is 0 Å². The van der Waals surface area contributed by atoms with Gasteiger partial charge in [-0.15, -0.1) is 0 Å². The smallest absolute Gasteiger partial charge is 0.0732 e. The van der Waals surface area contributed by atoms with Gasteiger partial charge >= 0.3 is 0 Å². The average Bonchev–Trinajstić information content (AvgIpc) is 2.96. The molecule has 1 N–H and O–H groups in total. The second-order valence-electron chi connectivity index (χ2n) is 4.36. The summed E-state index contributed by atoms with van der Waals surface area (Å²) in [6, 6.07) is 0.414. The van der Waals surface area contributed by atoms with Crippen LogP contribution in [0, 0.1) is 0 Å². The van der Waals surface area contributed by atoms with Crippen LogP contribution in [0.2, 0.25) is 0 Å². The number of rotatable bonds is 5. The highest BCUT2D eigenvalue weighted by atomic mass is 16.5. The van der Waals surface area contributed by atoms with Crippen LogP contribution in [0.25, 0.3) is 0 Å². The van der Waals surface area contributed by atoms with Crippen molar-refractivity contribution in [1.29, 1.82) is 0 Å². The number of likely N-dealkylation sites (N-methyl/N-ethyl adjacent to an activating group) is 1. The Morgan fingerprint density at radius 3 is 3.12 bits per heavy atom. The molecular weight excluding hydrogens is 202 g/mol. The third-order valence-corrected chi connectivity index (χ3v) is 3.25. The van der Waals surface area contributed by atoms with Crippen LogP contribution in [0.4, 0.5) is 0 Å². The van der Waals surface area contributed by atoms with Gasteiger partial charge in [0.2, 0.25) is 0 Å². The quantitative estimate of drug-likeness (QED) is 0.815. The zero-order valence-corrected chi connectivity index (χ0v) is 10.1. The summed E-state index contributed by atoms with van der Waals surface area (Å²) in [5, 5.41) is 7.65. The average molecular weight is 223 g/mol. The molecule has 90 valence electrons. The largest absolute Gasteiger partial charge is 0.377 e. The maximum absolute atomic E-state index is 5.72. The molecule has 4 nitrogen and oxygen atoms in total. The topological polar surface area (TPSA) is 39.1 Å². The molecule has 0 spiro atoms. The van der Waals surface area contributed by atoms with Gasteiger partial charge in [-0.1, -0.05) is 0 Å². The first-order chi connectivity index (χ1) is 7.83. The van der Waals surface area contributed by atoms with E-state index in [2.05, 4.69) is 23.5 Å². The van der Waals surface area contributed by atoms with Crippen molar-refractivity contribution < 1.29 is 4.74 Å². The molecule has 2 unspecified atom stereocenters. The van der Waals surface area contributed by atoms with Crippen LogP contribution in [-0.2, 0) is 17.7 Å². The lowest BCUT2D eigenvalue weighted by Crippen LogP contribution is -2.39. The minimum absolute atomic E-state index is 0.370. The fourth-order valence-corrected chi connectivity index (χ4v) is 2.28. The highest BCUT2D eigenvalue weighted by Crippen LogP contribution is 2.18. The van der Waals surface area contributed by atoms with Gasteiger partial charge < -0.3 is 10.1 Å². The monoisotopic (exact) mass is 223 g/mol. The van der Waals surface area contributed by atoms with Crippen molar-refractivity contribution in [2.24, 2.45) is 0 Å². The van der Waals surface area contributed by atoms with Crippen LogP contribution in [0.15, 0.2) is 12.4 Å². The van der Waals surface area contributed by atoms with E-state index in [4.69, 9.17) is 4.74 Å². The van der Waals surface area contributed by atoms with Crippen molar-refractivity contribution in [3.05, 3.63) is 18.0 Å². The predicted octanol–water partition coefficient (Wildman–Crippen LogP) is 1.21. The van der Waals surface area contributed by atoms with Crippen molar-refractivity contribution >= 4 is 0 Å². The molecule has 0 aliphatic carbocycles. The molecule has 1 saturated heterocycles. The van der Waals surface area contributed by atoms with E-state index in [1.54, 1.807) is 0 Å². The number of aromatic nitrogens is 2. The fraction of sp³-hybridized carbons (Fsp3) is 0.750. The fourth-order valence-electron chi connectivity index (χ4n) is 2.28. The summed E-state index contributed by atoms with van der Waals surface area (Å²) in [4.78, 5) is 0. The van der Waals surface area contributed by atoms with Gasteiger partial charge in [0.1, 0.15) is 0 Å². The van der Waals surface area contributed by atoms with Crippen molar-refractivity contribution in [3.63, 3.8) is 0 Å². The molecule has 2 heterocycles. The molecule has 0 amide bonds. The van der Waals surface area contributed by atoms with Crippen LogP contribution in [0.3, 0.4) is 0 Å². The first kappa shape index (κ1) is 11.6. The first-order valence-corrected chi connectivity index (χ1v) is 6.13. The van der Waals surface area contributed by atoms with Gasteiger partial charge in [-0.3, -0.25) is 4.68 Å². The van der Waals surface area contributed by atoms with Gasteiger partial charge in [-0.05, 0) is 38.8 Å². The van der Waals surface area contributed by atoms with E-state index in [1.807, 2.05) is 17.9 Å². The second kappa shape index (κ2) is 5.46. The molecule has 0 radical (unpaired) electrons. The number of hydrogen-bond acceptors (Lipinski definition) is 3. The highest BCUT2D eigenvalue weighted by Gasteiger charge is 2.25. The SMILES string of the molecule is CCn1cc(CC(NC)C2CCCO2)cn1. The molecule has 1 aliphatic heterocycles. The minimum atomic E-state index is 0.370. The Balaban J connectivity index is 1.94. The van der Waals surface area contributed by atoms with Gasteiger partial charge in [-0.25, -0.2) is 0 Å². The van der Waals surface area contributed by atoms with Gasteiger partial charge in [0.15, 0.2) is 0 Å². The summed E-state index contributed by atoms with van der Waals surface area (Å²) in [7, 11) is 2.01. The maximum atomic E-state index is 5.72.